The highest BCUT2D eigenvalue weighted by atomic mass is 16.8. The van der Waals surface area contributed by atoms with Gasteiger partial charge in [0.15, 0.2) is 11.3 Å². The molecule has 9 heteroatoms. The minimum atomic E-state index is -1.12. The van der Waals surface area contributed by atoms with Crippen LogP contribution in [0.4, 0.5) is 5.69 Å². The van der Waals surface area contributed by atoms with Crippen LogP contribution in [-0.4, -0.2) is 40.7 Å². The number of hydrogen-bond acceptors (Lipinski definition) is 6. The Morgan fingerprint density at radius 3 is 2.12 bits per heavy atom. The highest BCUT2D eigenvalue weighted by molar-refractivity contribution is 5.74. The highest BCUT2D eigenvalue weighted by Crippen LogP contribution is 2.18. The molecule has 0 aliphatic rings. The molecular weight excluding hydrogens is 328 g/mol. The number of aromatic nitrogens is 3. The van der Waals surface area contributed by atoms with Crippen LogP contribution in [-0.2, 0) is 13.1 Å². The SMILES string of the molecule is CC(C)(O)CCn1c(=O)n(CCC(C)(C)O)c2ncc([NH+]([O-])O)cc21. The molecule has 25 heavy (non-hydrogen) atoms. The van der Waals surface area contributed by atoms with E-state index >= 15 is 0 Å². The summed E-state index contributed by atoms with van der Waals surface area (Å²) >= 11 is 0. The van der Waals surface area contributed by atoms with E-state index in [1.807, 2.05) is 0 Å². The summed E-state index contributed by atoms with van der Waals surface area (Å²) in [5.41, 5.74) is -1.47. The molecule has 0 saturated heterocycles. The molecule has 1 atom stereocenters. The fourth-order valence-electron chi connectivity index (χ4n) is 2.50. The molecule has 140 valence electrons. The summed E-state index contributed by atoms with van der Waals surface area (Å²) in [7, 11) is 0. The van der Waals surface area contributed by atoms with Crippen molar-refractivity contribution in [3.63, 3.8) is 0 Å². The van der Waals surface area contributed by atoms with E-state index in [1.165, 1.54) is 21.4 Å². The van der Waals surface area contributed by atoms with Gasteiger partial charge in [-0.25, -0.2) is 15.0 Å². The summed E-state index contributed by atoms with van der Waals surface area (Å²) in [5.74, 6) is 0. The van der Waals surface area contributed by atoms with Crippen molar-refractivity contribution in [1.29, 1.82) is 0 Å². The standard InChI is InChI=1S/C16H26N4O5/c1-15(2,22)5-7-18-12-9-11(20(24)25)10-17-13(12)19(14(18)21)8-6-16(3,4)23/h9-10,20,22-24H,5-8H2,1-4H3. The zero-order chi connectivity index (χ0) is 19.0. The third-order valence-corrected chi connectivity index (χ3v) is 4.00. The van der Waals surface area contributed by atoms with Gasteiger partial charge in [0.1, 0.15) is 0 Å². The third kappa shape index (κ3) is 4.86. The molecular formula is C16H26N4O5. The predicted octanol–water partition coefficient (Wildman–Crippen LogP) is -0.0766. The first kappa shape index (κ1) is 19.5. The summed E-state index contributed by atoms with van der Waals surface area (Å²) in [5, 5.41) is 39.1. The van der Waals surface area contributed by atoms with Crippen molar-refractivity contribution < 1.29 is 20.6 Å². The Kier molecular flexibility index (Phi) is 5.35. The van der Waals surface area contributed by atoms with Crippen LogP contribution in [0.5, 0.6) is 0 Å². The topological polar surface area (TPSA) is 128 Å². The third-order valence-electron chi connectivity index (χ3n) is 4.00. The molecule has 0 saturated carbocycles. The van der Waals surface area contributed by atoms with Gasteiger partial charge in [-0.2, -0.15) is 5.23 Å². The van der Waals surface area contributed by atoms with Gasteiger partial charge in [0.25, 0.3) is 0 Å². The van der Waals surface area contributed by atoms with Gasteiger partial charge in [0.2, 0.25) is 0 Å². The molecule has 9 nitrogen and oxygen atoms in total. The van der Waals surface area contributed by atoms with Gasteiger partial charge in [0.05, 0.1) is 22.9 Å². The van der Waals surface area contributed by atoms with E-state index in [1.54, 1.807) is 27.7 Å². The van der Waals surface area contributed by atoms with Crippen molar-refractivity contribution in [2.45, 2.75) is 64.8 Å². The number of nitrogens with zero attached hydrogens (tertiary/aromatic N) is 3. The average molecular weight is 354 g/mol. The molecule has 0 radical (unpaired) electrons. The van der Waals surface area contributed by atoms with E-state index in [9.17, 15) is 25.4 Å². The van der Waals surface area contributed by atoms with Crippen LogP contribution in [0.2, 0.25) is 0 Å². The lowest BCUT2D eigenvalue weighted by molar-refractivity contribution is -0.991. The first-order chi connectivity index (χ1) is 11.4. The molecule has 0 aliphatic carbocycles. The molecule has 2 rings (SSSR count). The van der Waals surface area contributed by atoms with Crippen molar-refractivity contribution in [3.05, 3.63) is 28.0 Å². The number of aliphatic hydroxyl groups is 2. The maximum absolute atomic E-state index is 12.8. The lowest BCUT2D eigenvalue weighted by Crippen LogP contribution is -2.99. The second-order valence-corrected chi connectivity index (χ2v) is 7.58. The van der Waals surface area contributed by atoms with Crippen molar-refractivity contribution >= 4 is 16.9 Å². The molecule has 4 N–H and O–H groups in total. The summed E-state index contributed by atoms with van der Waals surface area (Å²) in [6, 6.07) is 1.41. The molecule has 0 aliphatic heterocycles. The fourth-order valence-corrected chi connectivity index (χ4v) is 2.50. The van der Waals surface area contributed by atoms with Crippen LogP contribution in [0, 0.1) is 5.21 Å². The first-order valence-electron chi connectivity index (χ1n) is 8.16. The lowest BCUT2D eigenvalue weighted by Gasteiger charge is -2.17. The van der Waals surface area contributed by atoms with E-state index in [4.69, 9.17) is 0 Å². The van der Waals surface area contributed by atoms with Gasteiger partial charge in [-0.3, -0.25) is 9.13 Å². The van der Waals surface area contributed by atoms with E-state index in [2.05, 4.69) is 4.98 Å². The number of nitrogens with one attached hydrogen (secondary N) is 1. The molecule has 0 bridgehead atoms. The Hall–Kier alpha value is -1.78. The number of rotatable bonds is 7. The minimum absolute atomic E-state index is 0.0100. The fraction of sp³-hybridized carbons (Fsp3) is 0.625. The van der Waals surface area contributed by atoms with E-state index in [0.717, 1.165) is 0 Å². The van der Waals surface area contributed by atoms with Gasteiger partial charge in [-0.05, 0) is 40.5 Å². The lowest BCUT2D eigenvalue weighted by atomic mass is 10.1. The van der Waals surface area contributed by atoms with Crippen LogP contribution in [0.15, 0.2) is 17.1 Å². The number of fused-ring (bicyclic) bond motifs is 1. The van der Waals surface area contributed by atoms with Gasteiger partial charge >= 0.3 is 5.69 Å². The Bertz CT molecular complexity index is 796. The molecule has 2 heterocycles. The summed E-state index contributed by atoms with van der Waals surface area (Å²) in [6.07, 6.45) is 1.89. The van der Waals surface area contributed by atoms with Crippen molar-refractivity contribution in [1.82, 2.24) is 14.1 Å². The van der Waals surface area contributed by atoms with Crippen LogP contribution in [0.25, 0.3) is 11.2 Å². The average Bonchev–Trinajstić information content (AvgIpc) is 2.72. The smallest absolute Gasteiger partial charge is 0.330 e. The number of aryl methyl sites for hydroxylation is 2. The summed E-state index contributed by atoms with van der Waals surface area (Å²) in [6.45, 7) is 7.09. The monoisotopic (exact) mass is 354 g/mol. The summed E-state index contributed by atoms with van der Waals surface area (Å²) < 4.78 is 2.86. The molecule has 0 spiro atoms. The zero-order valence-electron chi connectivity index (χ0n) is 15.0. The van der Waals surface area contributed by atoms with Crippen molar-refractivity contribution in [2.75, 3.05) is 0 Å². The van der Waals surface area contributed by atoms with Crippen molar-refractivity contribution in [2.24, 2.45) is 0 Å². The quantitative estimate of drug-likeness (QED) is 0.515. The molecule has 1 unspecified atom stereocenters. The maximum atomic E-state index is 12.8. The Morgan fingerprint density at radius 1 is 1.12 bits per heavy atom. The molecule has 2 aromatic rings. The van der Waals surface area contributed by atoms with Crippen LogP contribution in [0.3, 0.4) is 0 Å². The van der Waals surface area contributed by atoms with Crippen LogP contribution < -0.4 is 10.9 Å². The second kappa shape index (κ2) is 6.85. The Morgan fingerprint density at radius 2 is 1.64 bits per heavy atom. The first-order valence-corrected chi connectivity index (χ1v) is 8.16. The highest BCUT2D eigenvalue weighted by Gasteiger charge is 2.21. The maximum Gasteiger partial charge on any atom is 0.330 e. The molecule has 0 fully saturated rings. The molecule has 2 aromatic heterocycles. The number of imidazole rings is 1. The van der Waals surface area contributed by atoms with Crippen molar-refractivity contribution in [3.8, 4) is 0 Å². The number of pyridine rings is 1. The predicted molar refractivity (Wildman–Crippen MR) is 91.6 cm³/mol. The van der Waals surface area contributed by atoms with Crippen LogP contribution in [0.1, 0.15) is 40.5 Å². The largest absolute Gasteiger partial charge is 0.595 e. The summed E-state index contributed by atoms with van der Waals surface area (Å²) in [4.78, 5) is 16.9. The van der Waals surface area contributed by atoms with Crippen LogP contribution >= 0.6 is 0 Å². The van der Waals surface area contributed by atoms with Gasteiger partial charge < -0.3 is 15.4 Å². The second-order valence-electron chi connectivity index (χ2n) is 7.58. The number of hydrogen-bond donors (Lipinski definition) is 4. The van der Waals surface area contributed by atoms with E-state index in [0.29, 0.717) is 24.0 Å². The van der Waals surface area contributed by atoms with E-state index < -0.39 is 16.4 Å². The normalized spacial score (nSPS) is 14.2. The number of quaternary nitrogens is 1. The minimum Gasteiger partial charge on any atom is -0.595 e. The van der Waals surface area contributed by atoms with E-state index in [-0.39, 0.29) is 24.5 Å². The van der Waals surface area contributed by atoms with Gasteiger partial charge in [-0.15, -0.1) is 0 Å². The molecule has 0 aromatic carbocycles. The Balaban J connectivity index is 2.53. The zero-order valence-corrected chi connectivity index (χ0v) is 15.0. The van der Waals surface area contributed by atoms with Gasteiger partial charge in [-0.1, -0.05) is 0 Å². The Labute approximate surface area is 145 Å². The molecule has 0 amide bonds. The van der Waals surface area contributed by atoms with Gasteiger partial charge in [0, 0.05) is 19.2 Å².